The van der Waals surface area contributed by atoms with Crippen LogP contribution in [0.3, 0.4) is 0 Å². The number of hydrogen-bond donors (Lipinski definition) is 1. The van der Waals surface area contributed by atoms with Crippen LogP contribution in [0.1, 0.15) is 29.5 Å². The Morgan fingerprint density at radius 2 is 1.81 bits per heavy atom. The van der Waals surface area contributed by atoms with Gasteiger partial charge in [-0.3, -0.25) is 9.69 Å². The van der Waals surface area contributed by atoms with Crippen LogP contribution in [0.4, 0.5) is 0 Å². The van der Waals surface area contributed by atoms with E-state index in [2.05, 4.69) is 11.0 Å². The summed E-state index contributed by atoms with van der Waals surface area (Å²) in [4.78, 5) is 16.0. The molecule has 0 spiro atoms. The van der Waals surface area contributed by atoms with Gasteiger partial charge < -0.3 is 19.5 Å². The monoisotopic (exact) mass is 426 g/mol. The average molecular weight is 427 g/mol. The van der Waals surface area contributed by atoms with Gasteiger partial charge in [-0.25, -0.2) is 0 Å². The zero-order chi connectivity index (χ0) is 22.2. The van der Waals surface area contributed by atoms with Crippen LogP contribution in [0.15, 0.2) is 42.5 Å². The van der Waals surface area contributed by atoms with Gasteiger partial charge in [0, 0.05) is 26.2 Å². The second-order valence-corrected chi connectivity index (χ2v) is 8.45. The molecule has 0 aliphatic carbocycles. The molecule has 2 aromatic carbocycles. The van der Waals surface area contributed by atoms with E-state index in [0.717, 1.165) is 42.8 Å². The molecule has 1 unspecified atom stereocenters. The molecule has 1 heterocycles. The van der Waals surface area contributed by atoms with Gasteiger partial charge in [-0.2, -0.15) is 0 Å². The fourth-order valence-electron chi connectivity index (χ4n) is 3.83. The van der Waals surface area contributed by atoms with Crippen molar-refractivity contribution in [2.45, 2.75) is 39.3 Å². The number of carbonyl (C=O) groups excluding carboxylic acids is 1. The lowest BCUT2D eigenvalue weighted by Gasteiger charge is -2.21. The predicted molar refractivity (Wildman–Crippen MR) is 122 cm³/mol. The zero-order valence-corrected chi connectivity index (χ0v) is 18.8. The fraction of sp³-hybridized carbons (Fsp3) is 0.480. The number of likely N-dealkylation sites (tertiary alicyclic amines) is 1. The molecule has 0 radical (unpaired) electrons. The zero-order valence-electron chi connectivity index (χ0n) is 18.8. The van der Waals surface area contributed by atoms with E-state index in [9.17, 15) is 9.90 Å². The van der Waals surface area contributed by atoms with E-state index in [4.69, 9.17) is 9.47 Å². The van der Waals surface area contributed by atoms with Crippen LogP contribution in [-0.2, 0) is 11.3 Å². The van der Waals surface area contributed by atoms with Crippen molar-refractivity contribution in [2.24, 2.45) is 0 Å². The van der Waals surface area contributed by atoms with Gasteiger partial charge in [0.1, 0.15) is 24.2 Å². The van der Waals surface area contributed by atoms with Crippen molar-refractivity contribution in [3.63, 3.8) is 0 Å². The van der Waals surface area contributed by atoms with Crippen LogP contribution in [0.2, 0.25) is 0 Å². The van der Waals surface area contributed by atoms with Crippen molar-refractivity contribution in [1.82, 2.24) is 9.80 Å². The minimum atomic E-state index is -0.579. The molecule has 1 saturated heterocycles. The van der Waals surface area contributed by atoms with Crippen molar-refractivity contribution >= 4 is 5.91 Å². The number of likely N-dealkylation sites (N-methyl/N-ethyl adjacent to an activating group) is 1. The van der Waals surface area contributed by atoms with E-state index in [1.165, 1.54) is 5.56 Å². The molecule has 1 aliphatic rings. The van der Waals surface area contributed by atoms with Crippen LogP contribution < -0.4 is 9.47 Å². The van der Waals surface area contributed by atoms with E-state index in [1.54, 1.807) is 0 Å². The Hall–Kier alpha value is -2.57. The number of aryl methyl sites for hydroxylation is 2. The molecular formula is C25H34N2O4. The third-order valence-electron chi connectivity index (χ3n) is 5.48. The molecule has 1 atom stereocenters. The lowest BCUT2D eigenvalue weighted by molar-refractivity contribution is -0.132. The van der Waals surface area contributed by atoms with Crippen molar-refractivity contribution in [1.29, 1.82) is 0 Å². The highest BCUT2D eigenvalue weighted by molar-refractivity contribution is 5.78. The van der Waals surface area contributed by atoms with Gasteiger partial charge in [0.25, 0.3) is 5.91 Å². The second kappa shape index (κ2) is 11.2. The van der Waals surface area contributed by atoms with E-state index in [1.807, 2.05) is 62.2 Å². The van der Waals surface area contributed by atoms with Gasteiger partial charge in [0.15, 0.2) is 6.61 Å². The summed E-state index contributed by atoms with van der Waals surface area (Å²) in [7, 11) is 1.97. The van der Waals surface area contributed by atoms with Gasteiger partial charge >= 0.3 is 0 Å². The topological polar surface area (TPSA) is 62.2 Å². The SMILES string of the molecule is Cc1ccc(OCC(O)CN(C)Cc2ccc(OCC(=O)N3CCCC3)cc2)c(C)c1. The predicted octanol–water partition coefficient (Wildman–Crippen LogP) is 3.18. The molecule has 2 aromatic rings. The average Bonchev–Trinajstić information content (AvgIpc) is 3.27. The molecule has 1 fully saturated rings. The highest BCUT2D eigenvalue weighted by Gasteiger charge is 2.18. The van der Waals surface area contributed by atoms with E-state index in [0.29, 0.717) is 18.8 Å². The van der Waals surface area contributed by atoms with Gasteiger partial charge in [-0.1, -0.05) is 29.8 Å². The van der Waals surface area contributed by atoms with Crippen molar-refractivity contribution in [3.8, 4) is 11.5 Å². The Morgan fingerprint density at radius 1 is 1.10 bits per heavy atom. The summed E-state index contributed by atoms with van der Waals surface area (Å²) in [5, 5.41) is 10.3. The lowest BCUT2D eigenvalue weighted by Crippen LogP contribution is -2.33. The lowest BCUT2D eigenvalue weighted by atomic mass is 10.1. The Kier molecular flexibility index (Phi) is 8.32. The summed E-state index contributed by atoms with van der Waals surface area (Å²) < 4.78 is 11.4. The number of rotatable bonds is 10. The van der Waals surface area contributed by atoms with E-state index in [-0.39, 0.29) is 19.1 Å². The molecule has 1 aliphatic heterocycles. The van der Waals surface area contributed by atoms with Crippen molar-refractivity contribution in [3.05, 3.63) is 59.2 Å². The van der Waals surface area contributed by atoms with Crippen LogP contribution >= 0.6 is 0 Å². The number of carbonyl (C=O) groups is 1. The molecule has 0 bridgehead atoms. The van der Waals surface area contributed by atoms with Crippen molar-refractivity contribution in [2.75, 3.05) is 39.9 Å². The fourth-order valence-corrected chi connectivity index (χ4v) is 3.83. The highest BCUT2D eigenvalue weighted by Crippen LogP contribution is 2.19. The van der Waals surface area contributed by atoms with Crippen LogP contribution in [0, 0.1) is 13.8 Å². The Bertz CT molecular complexity index is 847. The number of hydrogen-bond acceptors (Lipinski definition) is 5. The van der Waals surface area contributed by atoms with Gasteiger partial charge in [-0.15, -0.1) is 0 Å². The second-order valence-electron chi connectivity index (χ2n) is 8.45. The maximum atomic E-state index is 12.1. The van der Waals surface area contributed by atoms with E-state index >= 15 is 0 Å². The summed E-state index contributed by atoms with van der Waals surface area (Å²) in [6.45, 7) is 7.30. The molecular weight excluding hydrogens is 392 g/mol. The first-order valence-corrected chi connectivity index (χ1v) is 11.0. The molecule has 168 valence electrons. The summed E-state index contributed by atoms with van der Waals surface area (Å²) >= 11 is 0. The minimum Gasteiger partial charge on any atom is -0.491 e. The number of ether oxygens (including phenoxy) is 2. The normalized spacial score (nSPS) is 14.7. The number of aliphatic hydroxyl groups is 1. The molecule has 6 nitrogen and oxygen atoms in total. The molecule has 0 saturated carbocycles. The molecule has 6 heteroatoms. The largest absolute Gasteiger partial charge is 0.491 e. The summed E-state index contributed by atoms with van der Waals surface area (Å²) in [6, 6.07) is 13.8. The number of benzene rings is 2. The summed E-state index contributed by atoms with van der Waals surface area (Å²) in [6.07, 6.45) is 1.59. The standard InChI is InChI=1S/C25H34N2O4/c1-19-6-11-24(20(2)14-19)31-17-22(28)16-26(3)15-21-7-9-23(10-8-21)30-18-25(29)27-12-4-5-13-27/h6-11,14,22,28H,4-5,12-13,15-18H2,1-3H3. The Labute approximate surface area is 185 Å². The molecule has 1 N–H and O–H groups in total. The van der Waals surface area contributed by atoms with Gasteiger partial charge in [0.05, 0.1) is 0 Å². The molecule has 0 aromatic heterocycles. The first-order valence-electron chi connectivity index (χ1n) is 11.0. The van der Waals surface area contributed by atoms with Crippen molar-refractivity contribution < 1.29 is 19.4 Å². The third-order valence-corrected chi connectivity index (χ3v) is 5.48. The number of amides is 1. The van der Waals surface area contributed by atoms with Gasteiger partial charge in [0.2, 0.25) is 0 Å². The van der Waals surface area contributed by atoms with Gasteiger partial charge in [-0.05, 0) is 63.1 Å². The maximum Gasteiger partial charge on any atom is 0.260 e. The third kappa shape index (κ3) is 7.26. The van der Waals surface area contributed by atoms with E-state index < -0.39 is 6.10 Å². The molecule has 31 heavy (non-hydrogen) atoms. The smallest absolute Gasteiger partial charge is 0.260 e. The number of aliphatic hydroxyl groups excluding tert-OH is 1. The van der Waals surface area contributed by atoms with Crippen LogP contribution in [0.25, 0.3) is 0 Å². The molecule has 1 amide bonds. The highest BCUT2D eigenvalue weighted by atomic mass is 16.5. The maximum absolute atomic E-state index is 12.1. The Balaban J connectivity index is 1.39. The van der Waals surface area contributed by atoms with Crippen LogP contribution in [-0.4, -0.2) is 66.8 Å². The first kappa shape index (κ1) is 23.1. The quantitative estimate of drug-likeness (QED) is 0.632. The minimum absolute atomic E-state index is 0.0540. The first-order chi connectivity index (χ1) is 14.9. The number of nitrogens with zero attached hydrogens (tertiary/aromatic N) is 2. The summed E-state index contributed by atoms with van der Waals surface area (Å²) in [5.74, 6) is 1.56. The Morgan fingerprint density at radius 3 is 2.48 bits per heavy atom. The summed E-state index contributed by atoms with van der Waals surface area (Å²) in [5.41, 5.74) is 3.38. The van der Waals surface area contributed by atoms with Crippen LogP contribution in [0.5, 0.6) is 11.5 Å². The molecule has 3 rings (SSSR count).